The molecule has 0 atom stereocenters. The summed E-state index contributed by atoms with van der Waals surface area (Å²) in [7, 11) is -1.06. The van der Waals surface area contributed by atoms with Crippen molar-refractivity contribution in [1.82, 2.24) is 0 Å². The lowest BCUT2D eigenvalue weighted by Gasteiger charge is -2.21. The van der Waals surface area contributed by atoms with E-state index in [0.29, 0.717) is 0 Å². The summed E-state index contributed by atoms with van der Waals surface area (Å²) in [6.07, 6.45) is 0. The smallest absolute Gasteiger partial charge is 0.150 e. The van der Waals surface area contributed by atoms with Crippen molar-refractivity contribution in [2.75, 3.05) is 0 Å². The maximum atomic E-state index is 7.12. The van der Waals surface area contributed by atoms with Gasteiger partial charge in [0, 0.05) is 21.4 Å². The maximum absolute atomic E-state index is 7.12. The van der Waals surface area contributed by atoms with E-state index in [1.165, 1.54) is 64.5 Å². The van der Waals surface area contributed by atoms with Gasteiger partial charge in [0.25, 0.3) is 0 Å². The number of hydrogen-bond acceptors (Lipinski definition) is 1. The van der Waals surface area contributed by atoms with Crippen LogP contribution in [-0.2, 0) is 0 Å². The van der Waals surface area contributed by atoms with Crippen LogP contribution in [0.2, 0.25) is 0 Å². The number of fused-ring (bicyclic) bond motifs is 9. The van der Waals surface area contributed by atoms with Crippen LogP contribution in [0.25, 0.3) is 53.9 Å². The fourth-order valence-electron chi connectivity index (χ4n) is 6.03. The average molecular weight is 529 g/mol. The van der Waals surface area contributed by atoms with Crippen LogP contribution in [0.1, 0.15) is 0 Å². The van der Waals surface area contributed by atoms with Gasteiger partial charge < -0.3 is 4.52 Å². The van der Waals surface area contributed by atoms with Crippen molar-refractivity contribution in [3.63, 3.8) is 0 Å². The van der Waals surface area contributed by atoms with Crippen molar-refractivity contribution >= 4 is 72.6 Å². The van der Waals surface area contributed by atoms with Crippen LogP contribution < -0.4 is 15.1 Å². The van der Waals surface area contributed by atoms with Gasteiger partial charge in [-0.3, -0.25) is 0 Å². The molecule has 0 unspecified atom stereocenters. The molecule has 0 amide bonds. The third-order valence-corrected chi connectivity index (χ3v) is 9.76. The fraction of sp³-hybridized carbons (Fsp3) is 0. The Hall–Kier alpha value is -4.71. The van der Waals surface area contributed by atoms with Gasteiger partial charge in [-0.05, 0) is 49.2 Å². The first-order valence-electron chi connectivity index (χ1n) is 13.6. The molecular formula is C38H25OP. The van der Waals surface area contributed by atoms with Crippen molar-refractivity contribution < 1.29 is 4.52 Å². The van der Waals surface area contributed by atoms with Crippen molar-refractivity contribution in [2.45, 2.75) is 0 Å². The second kappa shape index (κ2) is 9.49. The zero-order chi connectivity index (χ0) is 26.5. The highest BCUT2D eigenvalue weighted by molar-refractivity contribution is 7.68. The van der Waals surface area contributed by atoms with Crippen molar-refractivity contribution in [3.05, 3.63) is 152 Å². The Balaban J connectivity index is 1.48. The van der Waals surface area contributed by atoms with Gasteiger partial charge in [-0.1, -0.05) is 146 Å². The minimum absolute atomic E-state index is 0.923. The molecule has 2 heteroatoms. The van der Waals surface area contributed by atoms with E-state index in [-0.39, 0.29) is 0 Å². The van der Waals surface area contributed by atoms with Gasteiger partial charge in [0.2, 0.25) is 0 Å². The first-order valence-corrected chi connectivity index (χ1v) is 14.9. The van der Waals surface area contributed by atoms with Crippen LogP contribution >= 0.6 is 8.15 Å². The summed E-state index contributed by atoms with van der Waals surface area (Å²) in [5.74, 6) is 0.923. The molecule has 0 fully saturated rings. The van der Waals surface area contributed by atoms with E-state index >= 15 is 0 Å². The molecule has 0 heterocycles. The summed E-state index contributed by atoms with van der Waals surface area (Å²) in [4.78, 5) is 0. The minimum atomic E-state index is -1.06. The lowest BCUT2D eigenvalue weighted by Crippen LogP contribution is -2.15. The minimum Gasteiger partial charge on any atom is -0.464 e. The third-order valence-electron chi connectivity index (χ3n) is 7.85. The van der Waals surface area contributed by atoms with Gasteiger partial charge in [0.05, 0.1) is 0 Å². The van der Waals surface area contributed by atoms with E-state index < -0.39 is 8.15 Å². The molecule has 0 aromatic heterocycles. The maximum Gasteiger partial charge on any atom is 0.150 e. The van der Waals surface area contributed by atoms with Crippen LogP contribution in [0.4, 0.5) is 0 Å². The van der Waals surface area contributed by atoms with Gasteiger partial charge in [-0.25, -0.2) is 0 Å². The highest BCUT2D eigenvalue weighted by atomic mass is 31.1. The third kappa shape index (κ3) is 3.74. The molecule has 8 aromatic carbocycles. The molecule has 8 rings (SSSR count). The van der Waals surface area contributed by atoms with Crippen LogP contribution in [0.5, 0.6) is 5.75 Å². The highest BCUT2D eigenvalue weighted by Crippen LogP contribution is 2.45. The molecular weight excluding hydrogens is 503 g/mol. The first kappa shape index (κ1) is 23.2. The second-order valence-corrected chi connectivity index (χ2v) is 12.0. The Labute approximate surface area is 234 Å². The second-order valence-electron chi connectivity index (χ2n) is 10.2. The highest BCUT2D eigenvalue weighted by Gasteiger charge is 2.20. The van der Waals surface area contributed by atoms with E-state index in [1.54, 1.807) is 0 Å². The zero-order valence-corrected chi connectivity index (χ0v) is 22.7. The fourth-order valence-corrected chi connectivity index (χ4v) is 7.77. The first-order chi connectivity index (χ1) is 19.8. The van der Waals surface area contributed by atoms with Gasteiger partial charge in [-0.15, -0.1) is 0 Å². The predicted octanol–water partition coefficient (Wildman–Crippen LogP) is 9.88. The largest absolute Gasteiger partial charge is 0.464 e. The molecule has 8 aromatic rings. The zero-order valence-electron chi connectivity index (χ0n) is 21.8. The van der Waals surface area contributed by atoms with Gasteiger partial charge in [0.15, 0.2) is 8.15 Å². The van der Waals surface area contributed by atoms with Gasteiger partial charge in [-0.2, -0.15) is 0 Å². The van der Waals surface area contributed by atoms with Gasteiger partial charge >= 0.3 is 0 Å². The number of benzene rings is 8. The summed E-state index contributed by atoms with van der Waals surface area (Å²) in [6, 6.07) is 54.4. The molecule has 188 valence electrons. The molecule has 1 nitrogen and oxygen atoms in total. The molecule has 0 aliphatic rings. The number of hydrogen-bond donors (Lipinski definition) is 0. The number of rotatable bonds is 4. The Morgan fingerprint density at radius 2 is 0.775 bits per heavy atom. The molecule has 0 saturated heterocycles. The Morgan fingerprint density at radius 3 is 1.40 bits per heavy atom. The summed E-state index contributed by atoms with van der Waals surface area (Å²) >= 11 is 0. The summed E-state index contributed by atoms with van der Waals surface area (Å²) in [6.45, 7) is 0. The quantitative estimate of drug-likeness (QED) is 0.163. The molecule has 0 radical (unpaired) electrons. The lowest BCUT2D eigenvalue weighted by atomic mass is 9.90. The molecule has 0 spiro atoms. The summed E-state index contributed by atoms with van der Waals surface area (Å²) in [5, 5.41) is 14.9. The SMILES string of the molecule is c1ccc(P(Oc2cccc3ccc4ccc5ccc6ccc7ccccc7c6c5c4c23)c2ccccc2)cc1. The molecule has 0 aliphatic carbocycles. The monoisotopic (exact) mass is 528 g/mol. The summed E-state index contributed by atoms with van der Waals surface area (Å²) < 4.78 is 7.12. The van der Waals surface area contributed by atoms with E-state index in [9.17, 15) is 0 Å². The van der Waals surface area contributed by atoms with E-state index in [1.807, 2.05) is 0 Å². The molecule has 0 saturated carbocycles. The van der Waals surface area contributed by atoms with Crippen molar-refractivity contribution in [1.29, 1.82) is 0 Å². The van der Waals surface area contributed by atoms with Crippen molar-refractivity contribution in [3.8, 4) is 5.75 Å². The van der Waals surface area contributed by atoms with E-state index in [4.69, 9.17) is 4.52 Å². The predicted molar refractivity (Wildman–Crippen MR) is 174 cm³/mol. The normalized spacial score (nSPS) is 11.7. The van der Waals surface area contributed by atoms with Crippen LogP contribution in [0.3, 0.4) is 0 Å². The molecule has 0 bridgehead atoms. The topological polar surface area (TPSA) is 9.23 Å². The summed E-state index contributed by atoms with van der Waals surface area (Å²) in [5.41, 5.74) is 0. The Bertz CT molecular complexity index is 2130. The van der Waals surface area contributed by atoms with Crippen LogP contribution in [0, 0.1) is 0 Å². The van der Waals surface area contributed by atoms with Gasteiger partial charge in [0.1, 0.15) is 5.75 Å². The standard InChI is InChI=1S/C38H25OP/c1-3-12-31(13-4-1)40(32-14-5-2-6-15-32)39-34-17-9-11-27-20-22-30-25-24-29-23-21-28-19-18-26-10-7-8-16-33(26)35(28)37(29)38(30)36(27)34/h1-25H. The van der Waals surface area contributed by atoms with E-state index in [2.05, 4.69) is 152 Å². The molecule has 40 heavy (non-hydrogen) atoms. The van der Waals surface area contributed by atoms with Crippen molar-refractivity contribution in [2.24, 2.45) is 0 Å². The molecule has 0 aliphatic heterocycles. The molecule has 0 N–H and O–H groups in total. The van der Waals surface area contributed by atoms with E-state index in [0.717, 1.165) is 5.75 Å². The Morgan fingerprint density at radius 1 is 0.325 bits per heavy atom. The average Bonchev–Trinajstić information content (AvgIpc) is 3.03. The lowest BCUT2D eigenvalue weighted by molar-refractivity contribution is 0.638. The Kier molecular flexibility index (Phi) is 5.50. The van der Waals surface area contributed by atoms with Crippen LogP contribution in [0.15, 0.2) is 152 Å². The van der Waals surface area contributed by atoms with Crippen LogP contribution in [-0.4, -0.2) is 0 Å².